The number of carbonyl (C=O) groups is 2. The first kappa shape index (κ1) is 19.1. The van der Waals surface area contributed by atoms with Gasteiger partial charge in [0.2, 0.25) is 0 Å². The molecule has 2 aliphatic carbocycles. The standard InChI is InChI=1S/C20H30O4/c1-13(2)17(23)7-5-14(3)16-9-10-19(4)18(24)8-6-15(11-21)20(16,19)12-22/h6,11-12,14,16-18,23-24H,1,5,7-10H2,2-4H3/t14-,16+,17-,18+,19+,20+/m0/s1. The maximum Gasteiger partial charge on any atom is 0.146 e. The lowest BCUT2D eigenvalue weighted by Gasteiger charge is -2.50. The van der Waals surface area contributed by atoms with Crippen molar-refractivity contribution in [2.45, 2.75) is 65.1 Å². The summed E-state index contributed by atoms with van der Waals surface area (Å²) < 4.78 is 0. The predicted octanol–water partition coefficient (Wildman–Crippen LogP) is 2.83. The van der Waals surface area contributed by atoms with E-state index < -0.39 is 23.0 Å². The summed E-state index contributed by atoms with van der Waals surface area (Å²) in [6.45, 7) is 9.60. The van der Waals surface area contributed by atoms with Gasteiger partial charge >= 0.3 is 0 Å². The zero-order chi connectivity index (χ0) is 18.1. The molecule has 0 saturated heterocycles. The van der Waals surface area contributed by atoms with Crippen LogP contribution in [-0.2, 0) is 9.59 Å². The Hall–Kier alpha value is -1.26. The van der Waals surface area contributed by atoms with Crippen LogP contribution in [0.2, 0.25) is 0 Å². The number of hydrogen-bond acceptors (Lipinski definition) is 4. The summed E-state index contributed by atoms with van der Waals surface area (Å²) in [5.41, 5.74) is -0.240. The molecule has 24 heavy (non-hydrogen) atoms. The van der Waals surface area contributed by atoms with Gasteiger partial charge < -0.3 is 15.0 Å². The van der Waals surface area contributed by atoms with E-state index in [9.17, 15) is 19.8 Å². The van der Waals surface area contributed by atoms with E-state index in [4.69, 9.17) is 0 Å². The van der Waals surface area contributed by atoms with Crippen molar-refractivity contribution in [1.29, 1.82) is 0 Å². The van der Waals surface area contributed by atoms with Crippen LogP contribution in [0, 0.1) is 22.7 Å². The summed E-state index contributed by atoms with van der Waals surface area (Å²) in [6.07, 6.45) is 5.63. The number of hydrogen-bond donors (Lipinski definition) is 2. The second-order valence-electron chi connectivity index (χ2n) is 8.00. The Morgan fingerprint density at radius 3 is 2.67 bits per heavy atom. The number of carbonyl (C=O) groups excluding carboxylic acids is 2. The van der Waals surface area contributed by atoms with Crippen molar-refractivity contribution in [2.24, 2.45) is 22.7 Å². The second-order valence-corrected chi connectivity index (χ2v) is 8.00. The van der Waals surface area contributed by atoms with Crippen molar-refractivity contribution in [3.8, 4) is 0 Å². The molecule has 4 heteroatoms. The Bertz CT molecular complexity index is 552. The van der Waals surface area contributed by atoms with Gasteiger partial charge in [-0.3, -0.25) is 4.79 Å². The minimum Gasteiger partial charge on any atom is -0.392 e. The molecule has 1 fully saturated rings. The van der Waals surface area contributed by atoms with Gasteiger partial charge in [-0.15, -0.1) is 0 Å². The minimum atomic E-state index is -0.917. The summed E-state index contributed by atoms with van der Waals surface area (Å²) in [6, 6.07) is 0. The quantitative estimate of drug-likeness (QED) is 0.554. The molecule has 134 valence electrons. The topological polar surface area (TPSA) is 74.6 Å². The molecular weight excluding hydrogens is 304 g/mol. The van der Waals surface area contributed by atoms with Crippen molar-refractivity contribution in [3.05, 3.63) is 23.8 Å². The molecule has 6 atom stereocenters. The molecule has 2 N–H and O–H groups in total. The van der Waals surface area contributed by atoms with Crippen LogP contribution < -0.4 is 0 Å². The van der Waals surface area contributed by atoms with Crippen LogP contribution in [-0.4, -0.2) is 35.0 Å². The highest BCUT2D eigenvalue weighted by Gasteiger charge is 2.64. The van der Waals surface area contributed by atoms with Gasteiger partial charge in [-0.25, -0.2) is 0 Å². The van der Waals surface area contributed by atoms with Gasteiger partial charge in [0.15, 0.2) is 0 Å². The molecular formula is C20H30O4. The van der Waals surface area contributed by atoms with E-state index in [-0.39, 0.29) is 11.8 Å². The third kappa shape index (κ3) is 2.70. The van der Waals surface area contributed by atoms with E-state index in [0.717, 1.165) is 37.4 Å². The van der Waals surface area contributed by atoms with Crippen molar-refractivity contribution in [3.63, 3.8) is 0 Å². The lowest BCUT2D eigenvalue weighted by molar-refractivity contribution is -0.133. The van der Waals surface area contributed by atoms with Gasteiger partial charge in [0.25, 0.3) is 0 Å². The molecule has 0 heterocycles. The van der Waals surface area contributed by atoms with Crippen LogP contribution in [0.3, 0.4) is 0 Å². The highest BCUT2D eigenvalue weighted by atomic mass is 16.3. The molecule has 0 spiro atoms. The number of rotatable bonds is 7. The molecule has 4 nitrogen and oxygen atoms in total. The maximum absolute atomic E-state index is 12.3. The number of allylic oxidation sites excluding steroid dienone is 1. The average molecular weight is 334 g/mol. The molecule has 0 bridgehead atoms. The van der Waals surface area contributed by atoms with E-state index >= 15 is 0 Å². The van der Waals surface area contributed by atoms with E-state index in [2.05, 4.69) is 13.5 Å². The first-order chi connectivity index (χ1) is 11.2. The normalized spacial score (nSPS) is 38.0. The van der Waals surface area contributed by atoms with Crippen molar-refractivity contribution >= 4 is 12.6 Å². The molecule has 2 aliphatic rings. The van der Waals surface area contributed by atoms with Gasteiger partial charge in [0, 0.05) is 11.0 Å². The fraction of sp³-hybridized carbons (Fsp3) is 0.700. The summed E-state index contributed by atoms with van der Waals surface area (Å²) in [7, 11) is 0. The maximum atomic E-state index is 12.3. The third-order valence-corrected chi connectivity index (χ3v) is 6.74. The molecule has 0 aromatic rings. The number of aldehydes is 2. The monoisotopic (exact) mass is 334 g/mol. The van der Waals surface area contributed by atoms with Crippen molar-refractivity contribution in [2.75, 3.05) is 0 Å². The SMILES string of the molecule is C=C(C)[C@@H](O)CC[C@H](C)[C@H]1CC[C@]2(C)[C@H](O)CC=C(C=O)[C@]12C=O. The summed E-state index contributed by atoms with van der Waals surface area (Å²) in [5.74, 6) is 0.170. The highest BCUT2D eigenvalue weighted by Crippen LogP contribution is 2.64. The number of fused-ring (bicyclic) bond motifs is 1. The molecule has 0 unspecified atom stereocenters. The molecule has 0 aromatic carbocycles. The van der Waals surface area contributed by atoms with E-state index in [1.165, 1.54) is 0 Å². The summed E-state index contributed by atoms with van der Waals surface area (Å²) >= 11 is 0. The molecule has 0 radical (unpaired) electrons. The summed E-state index contributed by atoms with van der Waals surface area (Å²) in [5, 5.41) is 20.6. The van der Waals surface area contributed by atoms with Crippen LogP contribution in [0.1, 0.15) is 52.9 Å². The summed E-state index contributed by atoms with van der Waals surface area (Å²) in [4.78, 5) is 23.9. The van der Waals surface area contributed by atoms with Crippen molar-refractivity contribution < 1.29 is 19.8 Å². The van der Waals surface area contributed by atoms with Gasteiger partial charge in [-0.2, -0.15) is 0 Å². The van der Waals surface area contributed by atoms with Crippen LogP contribution in [0.4, 0.5) is 0 Å². The molecule has 0 aliphatic heterocycles. The Labute approximate surface area is 144 Å². The Morgan fingerprint density at radius 2 is 2.12 bits per heavy atom. The highest BCUT2D eigenvalue weighted by molar-refractivity contribution is 5.86. The third-order valence-electron chi connectivity index (χ3n) is 6.74. The molecule has 0 amide bonds. The van der Waals surface area contributed by atoms with Crippen molar-refractivity contribution in [1.82, 2.24) is 0 Å². The first-order valence-electron chi connectivity index (χ1n) is 8.88. The van der Waals surface area contributed by atoms with Crippen LogP contribution in [0.15, 0.2) is 23.8 Å². The first-order valence-corrected chi connectivity index (χ1v) is 8.88. The van der Waals surface area contributed by atoms with E-state index in [1.54, 1.807) is 13.0 Å². The Balaban J connectivity index is 2.32. The second kappa shape index (κ2) is 6.93. The molecule has 0 aromatic heterocycles. The number of aliphatic hydroxyl groups is 2. The van der Waals surface area contributed by atoms with Gasteiger partial charge in [-0.05, 0) is 50.9 Å². The fourth-order valence-corrected chi connectivity index (χ4v) is 5.00. The zero-order valence-corrected chi connectivity index (χ0v) is 15.0. The Morgan fingerprint density at radius 1 is 1.46 bits per heavy atom. The van der Waals surface area contributed by atoms with Gasteiger partial charge in [0.05, 0.1) is 17.6 Å². The van der Waals surface area contributed by atoms with Crippen LogP contribution >= 0.6 is 0 Å². The van der Waals surface area contributed by atoms with E-state index in [1.807, 2.05) is 6.92 Å². The zero-order valence-electron chi connectivity index (χ0n) is 15.0. The van der Waals surface area contributed by atoms with Gasteiger partial charge in [0.1, 0.15) is 12.6 Å². The lowest BCUT2D eigenvalue weighted by atomic mass is 9.53. The van der Waals surface area contributed by atoms with Crippen LogP contribution in [0.5, 0.6) is 0 Å². The van der Waals surface area contributed by atoms with E-state index in [0.29, 0.717) is 18.4 Å². The largest absolute Gasteiger partial charge is 0.392 e. The van der Waals surface area contributed by atoms with Gasteiger partial charge in [-0.1, -0.05) is 32.1 Å². The lowest BCUT2D eigenvalue weighted by Crippen LogP contribution is -2.53. The molecule has 1 saturated carbocycles. The number of aliphatic hydroxyl groups excluding tert-OH is 2. The van der Waals surface area contributed by atoms with Crippen LogP contribution in [0.25, 0.3) is 0 Å². The Kier molecular flexibility index (Phi) is 5.50. The minimum absolute atomic E-state index is 0.00345. The molecule has 2 rings (SSSR count). The fourth-order valence-electron chi connectivity index (χ4n) is 5.00. The smallest absolute Gasteiger partial charge is 0.146 e. The predicted molar refractivity (Wildman–Crippen MR) is 93.3 cm³/mol. The average Bonchev–Trinajstić information content (AvgIpc) is 2.88.